The fourth-order valence-electron chi connectivity index (χ4n) is 3.38. The Morgan fingerprint density at radius 3 is 2.69 bits per heavy atom. The largest absolute Gasteiger partial charge is 0.480 e. The van der Waals surface area contributed by atoms with Gasteiger partial charge in [-0.25, -0.2) is 4.79 Å². The summed E-state index contributed by atoms with van der Waals surface area (Å²) >= 11 is 0. The minimum Gasteiger partial charge on any atom is -0.480 e. The molecule has 140 valence electrons. The number of carbonyl (C=O) groups excluding carboxylic acids is 1. The van der Waals surface area contributed by atoms with Crippen LogP contribution in [0.3, 0.4) is 0 Å². The van der Waals surface area contributed by atoms with Gasteiger partial charge in [-0.3, -0.25) is 9.69 Å². The van der Waals surface area contributed by atoms with Crippen molar-refractivity contribution in [1.82, 2.24) is 15.1 Å². The number of carboxylic acids is 1. The number of carboxylic acid groups (broad SMARTS) is 1. The first-order chi connectivity index (χ1) is 12.5. The van der Waals surface area contributed by atoms with Crippen molar-refractivity contribution in [3.8, 4) is 0 Å². The molecule has 1 aliphatic rings. The van der Waals surface area contributed by atoms with Crippen LogP contribution >= 0.6 is 0 Å². The molecule has 0 aliphatic heterocycles. The summed E-state index contributed by atoms with van der Waals surface area (Å²) in [6.45, 7) is 3.10. The molecule has 1 saturated carbocycles. The lowest BCUT2D eigenvalue weighted by atomic mass is 9.85. The van der Waals surface area contributed by atoms with Crippen LogP contribution in [0.1, 0.15) is 25.5 Å². The van der Waals surface area contributed by atoms with Gasteiger partial charge < -0.3 is 19.7 Å². The zero-order chi connectivity index (χ0) is 18.7. The number of fused-ring (bicyclic) bond motifs is 1. The molecule has 3 rings (SSSR count). The number of hydrogen-bond donors (Lipinski definition) is 2. The van der Waals surface area contributed by atoms with Crippen LogP contribution in [0.5, 0.6) is 0 Å². The molecule has 1 aliphatic carbocycles. The maximum Gasteiger partial charge on any atom is 0.317 e. The number of aliphatic carboxylic acids is 1. The molecule has 1 aromatic heterocycles. The van der Waals surface area contributed by atoms with Gasteiger partial charge in [0.05, 0.1) is 13.1 Å². The number of furan rings is 1. The molecular formula is C19H25N3O4. The van der Waals surface area contributed by atoms with Crippen molar-refractivity contribution in [3.05, 3.63) is 36.1 Å². The van der Waals surface area contributed by atoms with Crippen LogP contribution in [0.2, 0.25) is 0 Å². The van der Waals surface area contributed by atoms with E-state index in [0.717, 1.165) is 29.6 Å². The smallest absolute Gasteiger partial charge is 0.317 e. The van der Waals surface area contributed by atoms with E-state index < -0.39 is 5.97 Å². The van der Waals surface area contributed by atoms with Crippen LogP contribution in [-0.4, -0.2) is 59.1 Å². The van der Waals surface area contributed by atoms with E-state index in [1.807, 2.05) is 42.2 Å². The highest BCUT2D eigenvalue weighted by atomic mass is 16.4. The molecule has 1 heterocycles. The Morgan fingerprint density at radius 2 is 2.04 bits per heavy atom. The Bertz CT molecular complexity index is 749. The van der Waals surface area contributed by atoms with E-state index in [9.17, 15) is 9.59 Å². The quantitative estimate of drug-likeness (QED) is 0.793. The molecule has 1 fully saturated rings. The standard InChI is InChI=1S/C19H25N3O4/c1-3-22(12-18(23)24)15-9-14(10-15)20-19(25)21(2)11-16-8-13-6-4-5-7-17(13)26-16/h4-8,14-15H,3,9-12H2,1-2H3,(H,20,25)(H,23,24). The van der Waals surface area contributed by atoms with Gasteiger partial charge in [0.15, 0.2) is 0 Å². The number of urea groups is 1. The number of rotatable bonds is 7. The molecule has 2 aromatic rings. The highest BCUT2D eigenvalue weighted by molar-refractivity contribution is 5.78. The average molecular weight is 359 g/mol. The van der Waals surface area contributed by atoms with Gasteiger partial charge in [-0.15, -0.1) is 0 Å². The molecule has 0 atom stereocenters. The Morgan fingerprint density at radius 1 is 1.31 bits per heavy atom. The van der Waals surface area contributed by atoms with Crippen LogP contribution in [0.15, 0.2) is 34.7 Å². The summed E-state index contributed by atoms with van der Waals surface area (Å²) in [4.78, 5) is 26.8. The molecule has 1 aromatic carbocycles. The monoisotopic (exact) mass is 359 g/mol. The van der Waals surface area contributed by atoms with Crippen molar-refractivity contribution in [1.29, 1.82) is 0 Å². The summed E-state index contributed by atoms with van der Waals surface area (Å²) in [7, 11) is 1.74. The van der Waals surface area contributed by atoms with Crippen molar-refractivity contribution in [2.24, 2.45) is 0 Å². The molecule has 0 unspecified atom stereocenters. The van der Waals surface area contributed by atoms with Crippen LogP contribution < -0.4 is 5.32 Å². The number of carbonyl (C=O) groups is 2. The van der Waals surface area contributed by atoms with E-state index in [2.05, 4.69) is 5.32 Å². The number of nitrogens with one attached hydrogen (secondary N) is 1. The maximum absolute atomic E-state index is 12.4. The minimum atomic E-state index is -0.815. The fourth-order valence-corrected chi connectivity index (χ4v) is 3.38. The Balaban J connectivity index is 1.47. The third-order valence-electron chi connectivity index (χ3n) is 4.92. The van der Waals surface area contributed by atoms with Gasteiger partial charge in [0.25, 0.3) is 0 Å². The second kappa shape index (κ2) is 7.78. The molecule has 0 bridgehead atoms. The molecule has 0 spiro atoms. The first-order valence-electron chi connectivity index (χ1n) is 8.91. The van der Waals surface area contributed by atoms with E-state index in [4.69, 9.17) is 9.52 Å². The van der Waals surface area contributed by atoms with E-state index in [1.54, 1.807) is 11.9 Å². The highest BCUT2D eigenvalue weighted by Gasteiger charge is 2.35. The SMILES string of the molecule is CCN(CC(=O)O)C1CC(NC(=O)N(C)Cc2cc3ccccc3o2)C1. The van der Waals surface area contributed by atoms with E-state index in [0.29, 0.717) is 13.1 Å². The van der Waals surface area contributed by atoms with Crippen molar-refractivity contribution >= 4 is 23.0 Å². The molecule has 2 N–H and O–H groups in total. The summed E-state index contributed by atoms with van der Waals surface area (Å²) in [5.74, 6) is -0.0705. The van der Waals surface area contributed by atoms with Gasteiger partial charge in [-0.2, -0.15) is 0 Å². The third-order valence-corrected chi connectivity index (χ3v) is 4.92. The lowest BCUT2D eigenvalue weighted by molar-refractivity contribution is -0.139. The predicted molar refractivity (Wildman–Crippen MR) is 97.9 cm³/mol. The summed E-state index contributed by atoms with van der Waals surface area (Å²) in [5, 5.41) is 13.0. The average Bonchev–Trinajstić information content (AvgIpc) is 2.97. The van der Waals surface area contributed by atoms with E-state index in [-0.39, 0.29) is 24.7 Å². The first kappa shape index (κ1) is 18.3. The fraction of sp³-hybridized carbons (Fsp3) is 0.474. The predicted octanol–water partition coefficient (Wildman–Crippen LogP) is 2.51. The molecule has 2 amide bonds. The van der Waals surface area contributed by atoms with Gasteiger partial charge in [0, 0.05) is 24.5 Å². The second-order valence-electron chi connectivity index (χ2n) is 6.84. The van der Waals surface area contributed by atoms with Crippen molar-refractivity contribution in [3.63, 3.8) is 0 Å². The van der Waals surface area contributed by atoms with Gasteiger partial charge in [0.1, 0.15) is 11.3 Å². The van der Waals surface area contributed by atoms with Crippen LogP contribution in [0, 0.1) is 0 Å². The number of amides is 2. The van der Waals surface area contributed by atoms with Crippen LogP contribution in [0.25, 0.3) is 11.0 Å². The normalized spacial score (nSPS) is 19.3. The zero-order valence-electron chi connectivity index (χ0n) is 15.1. The lowest BCUT2D eigenvalue weighted by Gasteiger charge is -2.42. The maximum atomic E-state index is 12.4. The first-order valence-corrected chi connectivity index (χ1v) is 8.91. The van der Waals surface area contributed by atoms with Crippen molar-refractivity contribution in [2.75, 3.05) is 20.1 Å². The summed E-state index contributed by atoms with van der Waals surface area (Å²) in [6, 6.07) is 9.88. The van der Waals surface area contributed by atoms with Gasteiger partial charge in [-0.1, -0.05) is 25.1 Å². The Hall–Kier alpha value is -2.54. The zero-order valence-corrected chi connectivity index (χ0v) is 15.1. The summed E-state index contributed by atoms with van der Waals surface area (Å²) in [6.07, 6.45) is 1.57. The number of hydrogen-bond acceptors (Lipinski definition) is 4. The van der Waals surface area contributed by atoms with Crippen LogP contribution in [0.4, 0.5) is 4.79 Å². The van der Waals surface area contributed by atoms with Gasteiger partial charge in [0.2, 0.25) is 0 Å². The Kier molecular flexibility index (Phi) is 5.46. The molecule has 0 radical (unpaired) electrons. The third kappa shape index (κ3) is 4.16. The lowest BCUT2D eigenvalue weighted by Crippen LogP contribution is -2.56. The molecule has 7 nitrogen and oxygen atoms in total. The van der Waals surface area contributed by atoms with E-state index >= 15 is 0 Å². The minimum absolute atomic E-state index is 0.0494. The molecular weight excluding hydrogens is 334 g/mol. The van der Waals surface area contributed by atoms with Gasteiger partial charge in [-0.05, 0) is 31.5 Å². The summed E-state index contributed by atoms with van der Waals surface area (Å²) < 4.78 is 5.75. The Labute approximate surface area is 152 Å². The number of para-hydroxylation sites is 1. The van der Waals surface area contributed by atoms with Gasteiger partial charge >= 0.3 is 12.0 Å². The number of likely N-dealkylation sites (N-methyl/N-ethyl adjacent to an activating group) is 1. The molecule has 0 saturated heterocycles. The van der Waals surface area contributed by atoms with Crippen molar-refractivity contribution in [2.45, 2.75) is 38.4 Å². The summed E-state index contributed by atoms with van der Waals surface area (Å²) in [5.41, 5.74) is 0.816. The molecule has 26 heavy (non-hydrogen) atoms. The van der Waals surface area contributed by atoms with E-state index in [1.165, 1.54) is 0 Å². The second-order valence-corrected chi connectivity index (χ2v) is 6.84. The van der Waals surface area contributed by atoms with Crippen molar-refractivity contribution < 1.29 is 19.1 Å². The topological polar surface area (TPSA) is 86.0 Å². The number of nitrogens with zero attached hydrogens (tertiary/aromatic N) is 2. The number of benzene rings is 1. The molecule has 7 heteroatoms. The highest BCUT2D eigenvalue weighted by Crippen LogP contribution is 2.26. The van der Waals surface area contributed by atoms with Crippen LogP contribution in [-0.2, 0) is 11.3 Å².